The van der Waals surface area contributed by atoms with E-state index in [0.29, 0.717) is 0 Å². The highest BCUT2D eigenvalue weighted by Gasteiger charge is 2.62. The van der Waals surface area contributed by atoms with E-state index in [0.717, 1.165) is 0 Å². The van der Waals surface area contributed by atoms with Crippen LogP contribution in [-0.2, 0) is 14.3 Å². The molecule has 0 saturated carbocycles. The summed E-state index contributed by atoms with van der Waals surface area (Å²) in [6.07, 6.45) is -6.94. The van der Waals surface area contributed by atoms with E-state index in [9.17, 15) is 33.7 Å². The van der Waals surface area contributed by atoms with Crippen molar-refractivity contribution in [2.75, 3.05) is 6.61 Å². The Bertz CT molecular complexity index is 541. The van der Waals surface area contributed by atoms with Crippen molar-refractivity contribution in [3.8, 4) is 12.3 Å². The van der Waals surface area contributed by atoms with E-state index in [1.807, 2.05) is 0 Å². The molecule has 1 fully saturated rings. The lowest BCUT2D eigenvalue weighted by molar-refractivity contribution is -0.293. The van der Waals surface area contributed by atoms with Gasteiger partial charge in [0.25, 0.3) is 0 Å². The fraction of sp³-hybridized carbons (Fsp3) is 0.714. The molecule has 1 aliphatic rings. The molecule has 7 atom stereocenters. The van der Waals surface area contributed by atoms with Crippen LogP contribution in [0.4, 0.5) is 8.78 Å². The molecule has 1 heterocycles. The van der Waals surface area contributed by atoms with Crippen LogP contribution >= 0.6 is 0 Å². The minimum absolute atomic E-state index is 0.0107. The van der Waals surface area contributed by atoms with Gasteiger partial charge in [-0.15, -0.1) is 12.3 Å². The van der Waals surface area contributed by atoms with Crippen molar-refractivity contribution in [3.63, 3.8) is 0 Å². The molecule has 142 valence electrons. The van der Waals surface area contributed by atoms with Gasteiger partial charge in [0.15, 0.2) is 6.17 Å². The fourth-order valence-corrected chi connectivity index (χ4v) is 2.32. The van der Waals surface area contributed by atoms with Crippen molar-refractivity contribution < 1.29 is 48.6 Å². The number of carbonyl (C=O) groups excluding carboxylic acids is 1. The molecule has 5 unspecified atom stereocenters. The zero-order valence-electron chi connectivity index (χ0n) is 12.9. The molecular formula is C14H19F2NO8. The lowest BCUT2D eigenvalue weighted by Gasteiger charge is -2.45. The largest absolute Gasteiger partial charge is 0.477 e. The topological polar surface area (TPSA) is 157 Å². The molecule has 25 heavy (non-hydrogen) atoms. The number of nitrogens with one attached hydrogen (secondary N) is 1. The molecule has 0 radical (unpaired) electrons. The van der Waals surface area contributed by atoms with E-state index in [4.69, 9.17) is 16.6 Å². The molecular weight excluding hydrogens is 348 g/mol. The maximum absolute atomic E-state index is 14.3. The van der Waals surface area contributed by atoms with Crippen molar-refractivity contribution in [1.82, 2.24) is 5.32 Å². The number of alkyl halides is 2. The Morgan fingerprint density at radius 1 is 1.40 bits per heavy atom. The maximum Gasteiger partial charge on any atom is 0.372 e. The Kier molecular flexibility index (Phi) is 7.21. The molecule has 0 spiro atoms. The summed E-state index contributed by atoms with van der Waals surface area (Å²) in [5.41, 5.74) is 0. The Morgan fingerprint density at radius 2 is 2.00 bits per heavy atom. The van der Waals surface area contributed by atoms with Gasteiger partial charge in [0.1, 0.15) is 24.4 Å². The molecule has 1 rings (SSSR count). The van der Waals surface area contributed by atoms with Crippen molar-refractivity contribution in [3.05, 3.63) is 0 Å². The van der Waals surface area contributed by atoms with Gasteiger partial charge in [-0.2, -0.15) is 4.39 Å². The third kappa shape index (κ3) is 4.42. The number of hydrogen-bond donors (Lipinski definition) is 6. The van der Waals surface area contributed by atoms with E-state index in [1.54, 1.807) is 0 Å². The second kappa shape index (κ2) is 8.50. The molecule has 0 aromatic carbocycles. The van der Waals surface area contributed by atoms with Crippen molar-refractivity contribution in [1.29, 1.82) is 0 Å². The lowest BCUT2D eigenvalue weighted by Crippen LogP contribution is -2.71. The van der Waals surface area contributed by atoms with Crippen molar-refractivity contribution in [2.45, 2.75) is 55.3 Å². The monoisotopic (exact) mass is 367 g/mol. The second-order valence-corrected chi connectivity index (χ2v) is 5.46. The molecule has 0 aromatic heterocycles. The first-order valence-electron chi connectivity index (χ1n) is 7.22. The van der Waals surface area contributed by atoms with E-state index in [2.05, 4.69) is 16.0 Å². The zero-order chi connectivity index (χ0) is 19.4. The molecule has 9 nitrogen and oxygen atoms in total. The van der Waals surface area contributed by atoms with Crippen LogP contribution < -0.4 is 5.32 Å². The Morgan fingerprint density at radius 3 is 2.48 bits per heavy atom. The van der Waals surface area contributed by atoms with Crippen LogP contribution in [0, 0.1) is 12.3 Å². The zero-order valence-corrected chi connectivity index (χ0v) is 12.9. The molecule has 1 saturated heterocycles. The highest BCUT2D eigenvalue weighted by molar-refractivity contribution is 5.78. The normalized spacial score (nSPS) is 34.6. The van der Waals surface area contributed by atoms with Gasteiger partial charge in [0.05, 0.1) is 12.6 Å². The Balaban J connectivity index is 3.14. The van der Waals surface area contributed by atoms with Crippen LogP contribution in [0.2, 0.25) is 0 Å². The number of carboxylic acid groups (broad SMARTS) is 1. The first kappa shape index (κ1) is 21.2. The average molecular weight is 367 g/mol. The second-order valence-electron chi connectivity index (χ2n) is 5.46. The Labute approximate surface area is 141 Å². The van der Waals surface area contributed by atoms with Crippen LogP contribution in [0.15, 0.2) is 0 Å². The van der Waals surface area contributed by atoms with Gasteiger partial charge < -0.3 is 35.6 Å². The number of hydrogen-bond acceptors (Lipinski definition) is 7. The molecule has 6 N–H and O–H groups in total. The Hall–Kier alpha value is -1.84. The predicted molar refractivity (Wildman–Crippen MR) is 76.3 cm³/mol. The van der Waals surface area contributed by atoms with Crippen LogP contribution in [0.1, 0.15) is 12.8 Å². The first-order chi connectivity index (χ1) is 11.6. The van der Waals surface area contributed by atoms with Gasteiger partial charge >= 0.3 is 11.8 Å². The summed E-state index contributed by atoms with van der Waals surface area (Å²) in [4.78, 5) is 22.7. The molecule has 1 aliphatic heterocycles. The SMILES string of the molecule is C#CCCC(=O)NC1C(O)C(F)C(F)(C(=O)O)OC1[C@H](O)[C@H](O)CO. The van der Waals surface area contributed by atoms with E-state index in [1.165, 1.54) is 0 Å². The van der Waals surface area contributed by atoms with Crippen LogP contribution in [-0.4, -0.2) is 86.5 Å². The predicted octanol–water partition coefficient (Wildman–Crippen LogP) is -2.55. The highest BCUT2D eigenvalue weighted by Crippen LogP contribution is 2.35. The minimum Gasteiger partial charge on any atom is -0.477 e. The quantitative estimate of drug-likeness (QED) is 0.269. The number of ether oxygens (including phenoxy) is 1. The van der Waals surface area contributed by atoms with E-state index in [-0.39, 0.29) is 12.8 Å². The number of carbonyl (C=O) groups is 2. The van der Waals surface area contributed by atoms with E-state index >= 15 is 0 Å². The molecule has 0 aliphatic carbocycles. The number of rotatable bonds is 7. The maximum atomic E-state index is 14.3. The number of aliphatic hydroxyl groups is 4. The average Bonchev–Trinajstić information content (AvgIpc) is 2.58. The third-order valence-corrected chi connectivity index (χ3v) is 3.72. The van der Waals surface area contributed by atoms with Gasteiger partial charge in [-0.05, 0) is 0 Å². The summed E-state index contributed by atoms with van der Waals surface area (Å²) in [5, 5.41) is 49.0. The number of terminal acetylenes is 1. The number of amides is 1. The minimum atomic E-state index is -4.03. The van der Waals surface area contributed by atoms with Crippen LogP contribution in [0.25, 0.3) is 0 Å². The van der Waals surface area contributed by atoms with Crippen LogP contribution in [0.5, 0.6) is 0 Å². The third-order valence-electron chi connectivity index (χ3n) is 3.72. The summed E-state index contributed by atoms with van der Waals surface area (Å²) < 4.78 is 32.8. The molecule has 0 aromatic rings. The molecule has 0 bridgehead atoms. The van der Waals surface area contributed by atoms with E-state index < -0.39 is 61.0 Å². The number of aliphatic carboxylic acids is 1. The first-order valence-corrected chi connectivity index (χ1v) is 7.22. The summed E-state index contributed by atoms with van der Waals surface area (Å²) in [6, 6.07) is -1.81. The van der Waals surface area contributed by atoms with Gasteiger partial charge in [-0.3, -0.25) is 4.79 Å². The smallest absolute Gasteiger partial charge is 0.372 e. The summed E-state index contributed by atoms with van der Waals surface area (Å²) >= 11 is 0. The number of aliphatic hydroxyl groups excluding tert-OH is 4. The standard InChI is InChI=1S/C14H19F2NO8/c1-2-3-4-7(20)17-8-10(22)12(15)14(16,13(23)24)25-11(8)9(21)6(19)5-18/h1,6,8-12,18-19,21-22H,3-5H2,(H,17,20)(H,23,24)/t6-,8?,9-,10?,11?,12?,14?/m1/s1. The highest BCUT2D eigenvalue weighted by atomic mass is 19.2. The summed E-state index contributed by atoms with van der Waals surface area (Å²) in [6.45, 7) is -1.03. The molecule has 1 amide bonds. The fourth-order valence-electron chi connectivity index (χ4n) is 2.32. The van der Waals surface area contributed by atoms with Gasteiger partial charge in [0.2, 0.25) is 5.91 Å². The van der Waals surface area contributed by atoms with Gasteiger partial charge in [-0.1, -0.05) is 0 Å². The molecule has 11 heteroatoms. The van der Waals surface area contributed by atoms with Gasteiger partial charge in [-0.25, -0.2) is 9.18 Å². The number of carboxylic acids is 1. The summed E-state index contributed by atoms with van der Waals surface area (Å²) in [7, 11) is 0. The summed E-state index contributed by atoms with van der Waals surface area (Å²) in [5.74, 6) is -5.09. The van der Waals surface area contributed by atoms with Crippen LogP contribution in [0.3, 0.4) is 0 Å². The van der Waals surface area contributed by atoms with Crippen molar-refractivity contribution in [2.24, 2.45) is 0 Å². The van der Waals surface area contributed by atoms with Gasteiger partial charge in [0, 0.05) is 12.8 Å². The van der Waals surface area contributed by atoms with Crippen molar-refractivity contribution >= 4 is 11.9 Å². The number of halogens is 2. The lowest BCUT2D eigenvalue weighted by atomic mass is 9.88.